The van der Waals surface area contributed by atoms with Crippen molar-refractivity contribution in [2.45, 2.75) is 68.8 Å². The van der Waals surface area contributed by atoms with E-state index in [1.165, 1.54) is 78.9 Å². The maximum atomic E-state index is 11.1. The van der Waals surface area contributed by atoms with Crippen LogP contribution < -0.4 is 15.9 Å². The number of hydrogen-bond acceptors (Lipinski definition) is 20. The Balaban J connectivity index is 0.000000289. The van der Waals surface area contributed by atoms with Gasteiger partial charge in [0.25, 0.3) is 0 Å². The normalized spacial score (nSPS) is 11.5. The summed E-state index contributed by atoms with van der Waals surface area (Å²) in [5.74, 6) is -4.76. The van der Waals surface area contributed by atoms with Crippen LogP contribution in [0, 0.1) is 39.0 Å². The van der Waals surface area contributed by atoms with Crippen LogP contribution in [0.3, 0.4) is 0 Å². The molecule has 0 amide bonds. The van der Waals surface area contributed by atoms with Crippen LogP contribution in [0.4, 0.5) is 0 Å². The molecule has 146 heavy (non-hydrogen) atoms. The Morgan fingerprint density at radius 1 is 0.288 bits per heavy atom. The SMILES string of the molecule is CS(=O)(=O)Cc1ccc(P(=O)(O)O)cc1.CS(=O)(=O)Cc1cccc(P(=O)(O)O)c1.CS(=O)(=O)Cc1ccccc1CP(=O)(O)O.CS(=O)(=O)Cc1ccccc1CP(=O)(O)O.CS(=O)(=O)Cc1ccccc1P(=O)(O)O.Cc1cc(-c2ccc(C#N)cc2)ccc1C(=O)O.Cc1cc(-c2ccc(Cl)cc2)ccc1C(=O)O.Cc1cc(-c2cccc(Cl)c2)ccc1C(=O)O.Cc1cc(-c2ccccc2Cl)ccc1C(=O)O. The molecule has 13 rings (SSSR count). The van der Waals surface area contributed by atoms with Crippen LogP contribution in [-0.4, -0.2) is 167 Å². The van der Waals surface area contributed by atoms with Gasteiger partial charge in [-0.25, -0.2) is 61.3 Å². The summed E-state index contributed by atoms with van der Waals surface area (Å²) >= 11 is 17.8. The molecule has 778 valence electrons. The maximum absolute atomic E-state index is 11.1. The van der Waals surface area contributed by atoms with Crippen molar-refractivity contribution in [1.29, 1.82) is 5.26 Å². The van der Waals surface area contributed by atoms with Gasteiger partial charge in [0.2, 0.25) is 0 Å². The summed E-state index contributed by atoms with van der Waals surface area (Å²) < 4.78 is 165. The molecule has 0 fully saturated rings. The molecular weight excluding hydrogens is 2150 g/mol. The number of nitriles is 1. The lowest BCUT2D eigenvalue weighted by Gasteiger charge is -2.09. The first-order valence-electron chi connectivity index (χ1n) is 42.0. The van der Waals surface area contributed by atoms with Crippen molar-refractivity contribution < 1.29 is 153 Å². The molecule has 0 heterocycles. The number of carbonyl (C=O) groups is 4. The molecule has 0 atom stereocenters. The molecule has 13 aromatic rings. The number of aromatic carboxylic acids is 4. The maximum Gasteiger partial charge on any atom is 0.356 e. The summed E-state index contributed by atoms with van der Waals surface area (Å²) in [6, 6.07) is 81.8. The third-order valence-corrected chi connectivity index (χ3v) is 29.1. The van der Waals surface area contributed by atoms with Gasteiger partial charge in [0.05, 0.1) is 90.9 Å². The Morgan fingerprint density at radius 3 is 0.952 bits per heavy atom. The monoisotopic (exact) mass is 2250 g/mol. The molecule has 0 saturated carbocycles. The quantitative estimate of drug-likeness (QED) is 0.0236. The van der Waals surface area contributed by atoms with Crippen LogP contribution in [0.2, 0.25) is 15.1 Å². The van der Waals surface area contributed by atoms with Crippen LogP contribution in [0.15, 0.2) is 291 Å². The highest BCUT2D eigenvalue weighted by atomic mass is 35.5. The zero-order chi connectivity index (χ0) is 110. The molecule has 14 N–H and O–H groups in total. The number of carboxylic acid groups (broad SMARTS) is 4. The number of carboxylic acids is 4. The average Bonchev–Trinajstić information content (AvgIpc) is 0.831. The highest BCUT2D eigenvalue weighted by molar-refractivity contribution is 7.91. The van der Waals surface area contributed by atoms with E-state index in [4.69, 9.17) is 109 Å². The summed E-state index contributed by atoms with van der Waals surface area (Å²) in [5.41, 5.74) is 15.2. The van der Waals surface area contributed by atoms with Crippen molar-refractivity contribution in [1.82, 2.24) is 0 Å². The minimum atomic E-state index is -4.41. The van der Waals surface area contributed by atoms with E-state index in [9.17, 15) is 84.1 Å². The number of rotatable bonds is 25. The predicted molar refractivity (Wildman–Crippen MR) is 566 cm³/mol. The Labute approximate surface area is 859 Å². The molecule has 0 bridgehead atoms. The second-order valence-corrected chi connectivity index (χ2v) is 52.7. The van der Waals surface area contributed by atoms with Gasteiger partial charge in [0, 0.05) is 51.9 Å². The fourth-order valence-corrected chi connectivity index (χ4v) is 21.4. The van der Waals surface area contributed by atoms with Gasteiger partial charge in [-0.05, 0) is 225 Å². The first-order chi connectivity index (χ1) is 67.3. The third kappa shape index (κ3) is 46.8. The molecule has 0 spiro atoms. The zero-order valence-electron chi connectivity index (χ0n) is 79.0. The summed E-state index contributed by atoms with van der Waals surface area (Å²) in [4.78, 5) is 132. The Morgan fingerprint density at radius 2 is 0.603 bits per heavy atom. The number of nitrogens with zero attached hydrogens (tertiary/aromatic N) is 1. The molecule has 0 aliphatic heterocycles. The van der Waals surface area contributed by atoms with Crippen LogP contribution in [0.5, 0.6) is 0 Å². The Hall–Kier alpha value is -11.4. The number of benzene rings is 13. The van der Waals surface area contributed by atoms with Gasteiger partial charge >= 0.3 is 61.9 Å². The summed E-state index contributed by atoms with van der Waals surface area (Å²) in [7, 11) is -37.3. The molecule has 34 nitrogen and oxygen atoms in total. The van der Waals surface area contributed by atoms with E-state index >= 15 is 0 Å². The van der Waals surface area contributed by atoms with E-state index in [2.05, 4.69) is 6.07 Å². The molecule has 0 saturated heterocycles. The highest BCUT2D eigenvalue weighted by Gasteiger charge is 2.26. The fourth-order valence-electron chi connectivity index (χ4n) is 13.2. The number of aryl methyl sites for hydroxylation is 4. The van der Waals surface area contributed by atoms with Gasteiger partial charge in [-0.3, -0.25) is 22.8 Å². The minimum Gasteiger partial charge on any atom is -0.478 e. The standard InChI is InChI=1S/C15H11NO2.3C14H11ClO2.2C9H13O5PS.3C8H11O5PS/c1-10-8-13(6-7-14(10)15(17)18)12-4-2-11(9-16)3-5-12;1-9-8-11(4-7-13(9)14(16)17)10-2-5-12(15)6-3-10;1-9-7-11(5-6-13(9)14(16)17)10-3-2-4-12(15)8-10;1-9-8-10(6-7-11(9)14(16)17)12-4-2-3-5-13(12)15;2*1-16(13,14)7-9-5-3-2-4-8(9)6-15(10,11)12;1-15(12,13)6-7-2-4-8(5-3-7)14(9,10)11;1-15(12,13)6-7-3-2-4-8(5-7)14(9,10)11;1-15(12,13)6-7-4-2-3-5-8(7)14(9,10)11/h2-8H,1H3,(H,17,18);3*2-8H,1H3,(H,16,17);2*2-5H,6-7H2,1H3,(H2,10,11,12);3*2-5H,6H2,1H3,(H2,9,10,11). The first kappa shape index (κ1) is 125. The lowest BCUT2D eigenvalue weighted by molar-refractivity contribution is 0.0685. The second kappa shape index (κ2) is 55.0. The average molecular weight is 2260 g/mol. The summed E-state index contributed by atoms with van der Waals surface area (Å²) in [6.45, 7) is 7.14. The summed E-state index contributed by atoms with van der Waals surface area (Å²) in [6.07, 6.45) is 4.49. The fraction of sp³-hybridized carbons (Fsp3) is 0.162. The molecule has 0 aliphatic rings. The molecule has 47 heteroatoms. The summed E-state index contributed by atoms with van der Waals surface area (Å²) in [5, 5.41) is 46.1. The van der Waals surface area contributed by atoms with Gasteiger partial charge in [0.1, 0.15) is 0 Å². The lowest BCUT2D eigenvalue weighted by atomic mass is 9.99. The van der Waals surface area contributed by atoms with Crippen molar-refractivity contribution >= 4 is 162 Å². The Bertz CT molecular complexity index is 7690. The number of sulfone groups is 5. The number of hydrogen-bond donors (Lipinski definition) is 14. The Kier molecular flexibility index (Phi) is 47.1. The van der Waals surface area contributed by atoms with Crippen molar-refractivity contribution in [2.24, 2.45) is 0 Å². The van der Waals surface area contributed by atoms with Crippen LogP contribution in [0.25, 0.3) is 44.5 Å². The van der Waals surface area contributed by atoms with Crippen LogP contribution in [0.1, 0.15) is 108 Å². The number of halogens is 3. The van der Waals surface area contributed by atoms with Crippen molar-refractivity contribution in [3.05, 3.63) is 395 Å². The van der Waals surface area contributed by atoms with Crippen molar-refractivity contribution in [3.8, 4) is 50.6 Å². The van der Waals surface area contributed by atoms with E-state index in [0.717, 1.165) is 98.0 Å². The molecule has 0 radical (unpaired) electrons. The van der Waals surface area contributed by atoms with Crippen LogP contribution in [-0.2, 0) is 113 Å². The lowest BCUT2D eigenvalue weighted by Crippen LogP contribution is -2.14. The van der Waals surface area contributed by atoms with E-state index in [-0.39, 0.29) is 50.2 Å². The minimum absolute atomic E-state index is 0.111. The second-order valence-electron chi connectivity index (χ2n) is 32.7. The van der Waals surface area contributed by atoms with E-state index in [1.807, 2.05) is 109 Å². The molecule has 13 aromatic carbocycles. The van der Waals surface area contributed by atoms with Gasteiger partial charge in [-0.1, -0.05) is 229 Å². The molecule has 0 aliphatic carbocycles. The molecular formula is C99H103Cl3NO33P5S5. The zero-order valence-corrected chi connectivity index (χ0v) is 89.9. The van der Waals surface area contributed by atoms with Gasteiger partial charge < -0.3 is 69.4 Å². The topological polar surface area (TPSA) is 631 Å². The van der Waals surface area contributed by atoms with Crippen LogP contribution >= 0.6 is 72.8 Å². The largest absolute Gasteiger partial charge is 0.478 e. The molecule has 0 unspecified atom stereocenters. The predicted octanol–water partition coefficient (Wildman–Crippen LogP) is 17.2. The van der Waals surface area contributed by atoms with E-state index < -0.39 is 123 Å². The first-order valence-corrected chi connectivity index (χ1v) is 61.8. The molecule has 0 aromatic heterocycles. The van der Waals surface area contributed by atoms with E-state index in [0.29, 0.717) is 76.3 Å². The van der Waals surface area contributed by atoms with Gasteiger partial charge in [-0.15, -0.1) is 0 Å². The van der Waals surface area contributed by atoms with E-state index in [1.54, 1.807) is 131 Å². The van der Waals surface area contributed by atoms with Gasteiger partial charge in [-0.2, -0.15) is 5.26 Å². The highest BCUT2D eigenvalue weighted by Crippen LogP contribution is 2.43. The van der Waals surface area contributed by atoms with Crippen molar-refractivity contribution in [3.63, 3.8) is 0 Å². The smallest absolute Gasteiger partial charge is 0.356 e. The van der Waals surface area contributed by atoms with Gasteiger partial charge in [0.15, 0.2) is 49.2 Å². The third-order valence-electron chi connectivity index (χ3n) is 19.6. The van der Waals surface area contributed by atoms with Crippen molar-refractivity contribution in [2.75, 3.05) is 31.3 Å².